The number of amides is 2. The molecule has 8 heteroatoms. The number of benzene rings is 2. The number of hydrogen-bond acceptors (Lipinski definition) is 4. The molecule has 2 aromatic carbocycles. The SMILES string of the molecule is O=C1C=C(NC(=O)c2ccc(Cl)cc2)C(=O)C=C1NC(=O)c1ccc(Cl)cc1. The van der Waals surface area contributed by atoms with Gasteiger partial charge in [-0.05, 0) is 48.5 Å². The number of carbonyl (C=O) groups is 4. The van der Waals surface area contributed by atoms with Crippen molar-refractivity contribution < 1.29 is 19.2 Å². The van der Waals surface area contributed by atoms with Crippen LogP contribution in [0, 0.1) is 0 Å². The maximum atomic E-state index is 12.2. The van der Waals surface area contributed by atoms with Gasteiger partial charge in [0.15, 0.2) is 0 Å². The third-order valence-corrected chi connectivity index (χ3v) is 4.29. The van der Waals surface area contributed by atoms with E-state index in [0.717, 1.165) is 12.2 Å². The molecular weight excluding hydrogens is 403 g/mol. The van der Waals surface area contributed by atoms with Crippen molar-refractivity contribution in [3.05, 3.63) is 93.2 Å². The minimum atomic E-state index is -0.617. The summed E-state index contributed by atoms with van der Waals surface area (Å²) in [6, 6.07) is 12.1. The molecule has 0 atom stereocenters. The molecule has 2 N–H and O–H groups in total. The molecule has 3 rings (SSSR count). The first-order valence-corrected chi connectivity index (χ1v) is 8.75. The molecule has 0 saturated carbocycles. The summed E-state index contributed by atoms with van der Waals surface area (Å²) in [6.45, 7) is 0. The molecule has 2 amide bonds. The van der Waals surface area contributed by atoms with E-state index in [1.165, 1.54) is 48.5 Å². The summed E-state index contributed by atoms with van der Waals surface area (Å²) in [4.78, 5) is 48.8. The minimum absolute atomic E-state index is 0.186. The molecule has 0 aromatic heterocycles. The first kappa shape index (κ1) is 19.5. The van der Waals surface area contributed by atoms with Crippen molar-refractivity contribution in [1.29, 1.82) is 0 Å². The van der Waals surface area contributed by atoms with Crippen molar-refractivity contribution in [3.8, 4) is 0 Å². The second kappa shape index (κ2) is 8.21. The molecule has 0 spiro atoms. The summed E-state index contributed by atoms with van der Waals surface area (Å²) in [5.41, 5.74) is 0.177. The van der Waals surface area contributed by atoms with Crippen LogP contribution in [-0.2, 0) is 9.59 Å². The Balaban J connectivity index is 1.69. The van der Waals surface area contributed by atoms with Gasteiger partial charge in [-0.25, -0.2) is 0 Å². The summed E-state index contributed by atoms with van der Waals surface area (Å²) in [5, 5.41) is 5.69. The van der Waals surface area contributed by atoms with Crippen LogP contribution in [0.25, 0.3) is 0 Å². The molecule has 0 aliphatic heterocycles. The minimum Gasteiger partial charge on any atom is -0.319 e. The van der Waals surface area contributed by atoms with Crippen LogP contribution < -0.4 is 10.6 Å². The fourth-order valence-corrected chi connectivity index (χ4v) is 2.60. The van der Waals surface area contributed by atoms with Crippen LogP contribution in [0.1, 0.15) is 20.7 Å². The normalized spacial score (nSPS) is 13.5. The molecular formula is C20H12Cl2N2O4. The van der Waals surface area contributed by atoms with Gasteiger partial charge in [0, 0.05) is 33.3 Å². The van der Waals surface area contributed by atoms with Crippen molar-refractivity contribution in [2.24, 2.45) is 0 Å². The van der Waals surface area contributed by atoms with E-state index in [1.54, 1.807) is 0 Å². The van der Waals surface area contributed by atoms with E-state index in [4.69, 9.17) is 23.2 Å². The molecule has 1 aliphatic rings. The zero-order valence-electron chi connectivity index (χ0n) is 14.2. The third-order valence-electron chi connectivity index (χ3n) is 3.79. The number of halogens is 2. The van der Waals surface area contributed by atoms with Crippen molar-refractivity contribution in [1.82, 2.24) is 10.6 Å². The summed E-state index contributed by atoms with van der Waals surface area (Å²) in [7, 11) is 0. The quantitative estimate of drug-likeness (QED) is 0.751. The largest absolute Gasteiger partial charge is 0.319 e. The van der Waals surface area contributed by atoms with Crippen LogP contribution in [-0.4, -0.2) is 23.4 Å². The lowest BCUT2D eigenvalue weighted by Crippen LogP contribution is -2.34. The number of carbonyl (C=O) groups excluding carboxylic acids is 4. The fourth-order valence-electron chi connectivity index (χ4n) is 2.35. The second-order valence-corrected chi connectivity index (χ2v) is 6.64. The van der Waals surface area contributed by atoms with E-state index in [-0.39, 0.29) is 22.5 Å². The van der Waals surface area contributed by atoms with E-state index in [9.17, 15) is 19.2 Å². The van der Waals surface area contributed by atoms with Crippen molar-refractivity contribution in [2.75, 3.05) is 0 Å². The van der Waals surface area contributed by atoms with Gasteiger partial charge in [-0.1, -0.05) is 23.2 Å². The summed E-state index contributed by atoms with van der Waals surface area (Å²) >= 11 is 11.5. The number of hydrogen-bond donors (Lipinski definition) is 2. The van der Waals surface area contributed by atoms with E-state index in [0.29, 0.717) is 10.0 Å². The van der Waals surface area contributed by atoms with Gasteiger partial charge in [0.25, 0.3) is 11.8 Å². The van der Waals surface area contributed by atoms with E-state index < -0.39 is 23.4 Å². The number of allylic oxidation sites excluding steroid dienone is 2. The first-order valence-electron chi connectivity index (χ1n) is 7.99. The molecule has 0 bridgehead atoms. The van der Waals surface area contributed by atoms with Gasteiger partial charge >= 0.3 is 0 Å². The van der Waals surface area contributed by atoms with Crippen molar-refractivity contribution in [3.63, 3.8) is 0 Å². The average molecular weight is 415 g/mol. The first-order chi connectivity index (χ1) is 13.3. The van der Waals surface area contributed by atoms with Gasteiger partial charge in [-0.15, -0.1) is 0 Å². The second-order valence-electron chi connectivity index (χ2n) is 5.77. The molecule has 140 valence electrons. The zero-order chi connectivity index (χ0) is 20.3. The van der Waals surface area contributed by atoms with Crippen LogP contribution in [0.2, 0.25) is 10.0 Å². The molecule has 28 heavy (non-hydrogen) atoms. The standard InChI is InChI=1S/C20H12Cl2N2O4/c21-13-5-1-11(2-6-13)19(27)23-15-9-18(26)16(10-17(15)25)24-20(28)12-3-7-14(22)8-4-12/h1-10H,(H,23,27)(H,24,28). The fraction of sp³-hybridized carbons (Fsp3) is 0. The van der Waals surface area contributed by atoms with E-state index >= 15 is 0 Å². The molecule has 1 aliphatic carbocycles. The molecule has 0 heterocycles. The Hall–Kier alpha value is -3.22. The van der Waals surface area contributed by atoms with Crippen LogP contribution in [0.3, 0.4) is 0 Å². The van der Waals surface area contributed by atoms with Crippen LogP contribution in [0.15, 0.2) is 72.1 Å². The molecule has 2 aromatic rings. The highest BCUT2D eigenvalue weighted by atomic mass is 35.5. The number of ketones is 2. The number of rotatable bonds is 4. The van der Waals surface area contributed by atoms with Crippen LogP contribution >= 0.6 is 23.2 Å². The van der Waals surface area contributed by atoms with Gasteiger partial charge < -0.3 is 10.6 Å². The molecule has 0 radical (unpaired) electrons. The van der Waals surface area contributed by atoms with Crippen molar-refractivity contribution in [2.45, 2.75) is 0 Å². The topological polar surface area (TPSA) is 92.3 Å². The highest BCUT2D eigenvalue weighted by Gasteiger charge is 2.23. The Labute approximate surface area is 169 Å². The summed E-state index contributed by atoms with van der Waals surface area (Å²) < 4.78 is 0. The Kier molecular flexibility index (Phi) is 5.73. The Morgan fingerprint density at radius 2 is 0.929 bits per heavy atom. The maximum Gasteiger partial charge on any atom is 0.255 e. The van der Waals surface area contributed by atoms with Gasteiger partial charge in [-0.2, -0.15) is 0 Å². The summed E-state index contributed by atoms with van der Waals surface area (Å²) in [5.74, 6) is -2.36. The highest BCUT2D eigenvalue weighted by Crippen LogP contribution is 2.14. The van der Waals surface area contributed by atoms with E-state index in [1.807, 2.05) is 0 Å². The predicted molar refractivity (Wildman–Crippen MR) is 104 cm³/mol. The molecule has 6 nitrogen and oxygen atoms in total. The Morgan fingerprint density at radius 1 is 0.607 bits per heavy atom. The smallest absolute Gasteiger partial charge is 0.255 e. The van der Waals surface area contributed by atoms with Gasteiger partial charge in [0.1, 0.15) is 0 Å². The van der Waals surface area contributed by atoms with Gasteiger partial charge in [0.2, 0.25) is 11.6 Å². The van der Waals surface area contributed by atoms with Crippen LogP contribution in [0.4, 0.5) is 0 Å². The third kappa shape index (κ3) is 4.54. The van der Waals surface area contributed by atoms with E-state index in [2.05, 4.69) is 10.6 Å². The van der Waals surface area contributed by atoms with Gasteiger partial charge in [0.05, 0.1) is 11.4 Å². The van der Waals surface area contributed by atoms with Gasteiger partial charge in [-0.3, -0.25) is 19.2 Å². The average Bonchev–Trinajstić information content (AvgIpc) is 2.66. The molecule has 0 unspecified atom stereocenters. The maximum absolute atomic E-state index is 12.2. The molecule has 0 fully saturated rings. The zero-order valence-corrected chi connectivity index (χ0v) is 15.7. The lowest BCUT2D eigenvalue weighted by molar-refractivity contribution is -0.115. The Morgan fingerprint density at radius 3 is 1.25 bits per heavy atom. The van der Waals surface area contributed by atoms with Crippen LogP contribution in [0.5, 0.6) is 0 Å². The van der Waals surface area contributed by atoms with Crippen molar-refractivity contribution >= 4 is 46.6 Å². The predicted octanol–water partition coefficient (Wildman–Crippen LogP) is 3.07. The number of nitrogens with one attached hydrogen (secondary N) is 2. The Bertz CT molecular complexity index is 953. The lowest BCUT2D eigenvalue weighted by Gasteiger charge is -2.14. The lowest BCUT2D eigenvalue weighted by atomic mass is 10.1. The monoisotopic (exact) mass is 414 g/mol. The summed E-state index contributed by atoms with van der Waals surface area (Å²) in [6.07, 6.45) is 1.93. The molecule has 0 saturated heterocycles. The highest BCUT2D eigenvalue weighted by molar-refractivity contribution is 6.31.